The first kappa shape index (κ1) is 22.8. The number of hydrogen-bond donors (Lipinski definition) is 1. The highest BCUT2D eigenvalue weighted by Crippen LogP contribution is 2.16. The molecule has 6 nitrogen and oxygen atoms in total. The van der Waals surface area contributed by atoms with Crippen molar-refractivity contribution in [3.8, 4) is 0 Å². The van der Waals surface area contributed by atoms with Crippen LogP contribution in [0.3, 0.4) is 0 Å². The van der Waals surface area contributed by atoms with Crippen LogP contribution in [0, 0.1) is 0 Å². The summed E-state index contributed by atoms with van der Waals surface area (Å²) < 4.78 is 27.4. The third-order valence-electron chi connectivity index (χ3n) is 4.46. The largest absolute Gasteiger partial charge is 0.272 e. The summed E-state index contributed by atoms with van der Waals surface area (Å²) in [4.78, 5) is 12.6. The third kappa shape index (κ3) is 7.44. The third-order valence-corrected chi connectivity index (χ3v) is 6.32. The van der Waals surface area contributed by atoms with Crippen molar-refractivity contribution >= 4 is 21.6 Å². The van der Waals surface area contributed by atoms with Crippen molar-refractivity contribution in [2.45, 2.75) is 44.4 Å². The van der Waals surface area contributed by atoms with E-state index in [1.54, 1.807) is 18.2 Å². The quantitative estimate of drug-likeness (QED) is 0.450. The second-order valence-corrected chi connectivity index (χ2v) is 8.81. The van der Waals surface area contributed by atoms with Gasteiger partial charge in [0.1, 0.15) is 0 Å². The van der Waals surface area contributed by atoms with Gasteiger partial charge in [-0.05, 0) is 43.9 Å². The highest BCUT2D eigenvalue weighted by molar-refractivity contribution is 7.89. The Hall–Kier alpha value is -2.51. The molecule has 7 heteroatoms. The van der Waals surface area contributed by atoms with E-state index in [2.05, 4.69) is 17.5 Å². The van der Waals surface area contributed by atoms with Crippen LogP contribution in [0.15, 0.2) is 70.7 Å². The highest BCUT2D eigenvalue weighted by atomic mass is 32.2. The molecular weight excluding hydrogens is 386 g/mol. The Kier molecular flexibility index (Phi) is 9.02. The van der Waals surface area contributed by atoms with Gasteiger partial charge in [-0.3, -0.25) is 4.79 Å². The molecule has 0 saturated heterocycles. The second-order valence-electron chi connectivity index (χ2n) is 6.87. The summed E-state index contributed by atoms with van der Waals surface area (Å²) in [5.41, 5.74) is 4.32. The van der Waals surface area contributed by atoms with Crippen LogP contribution < -0.4 is 5.43 Å². The van der Waals surface area contributed by atoms with E-state index in [4.69, 9.17) is 0 Å². The number of benzene rings is 2. The van der Waals surface area contributed by atoms with E-state index in [1.165, 1.54) is 16.4 Å². The predicted molar refractivity (Wildman–Crippen MR) is 116 cm³/mol. The molecule has 1 amide bonds. The monoisotopic (exact) mass is 415 g/mol. The zero-order valence-electron chi connectivity index (χ0n) is 17.0. The van der Waals surface area contributed by atoms with E-state index in [-0.39, 0.29) is 18.0 Å². The molecule has 2 aromatic rings. The lowest BCUT2D eigenvalue weighted by Gasteiger charge is -2.21. The van der Waals surface area contributed by atoms with Gasteiger partial charge in [0, 0.05) is 12.3 Å². The molecule has 0 saturated carbocycles. The number of hydrazone groups is 1. The van der Waals surface area contributed by atoms with Crippen LogP contribution in [0.1, 0.15) is 38.7 Å². The zero-order chi connectivity index (χ0) is 21.1. The number of nitrogens with zero attached hydrogens (tertiary/aromatic N) is 2. The van der Waals surface area contributed by atoms with Gasteiger partial charge < -0.3 is 0 Å². The predicted octanol–water partition coefficient (Wildman–Crippen LogP) is 3.60. The van der Waals surface area contributed by atoms with Crippen molar-refractivity contribution in [1.29, 1.82) is 0 Å². The molecule has 0 heterocycles. The molecule has 2 aromatic carbocycles. The van der Waals surface area contributed by atoms with E-state index < -0.39 is 15.9 Å². The Morgan fingerprint density at radius 3 is 2.28 bits per heavy atom. The number of carbonyl (C=O) groups is 1. The summed E-state index contributed by atoms with van der Waals surface area (Å²) in [6, 6.07) is 17.8. The molecule has 0 aromatic heterocycles. The maximum absolute atomic E-state index is 13.1. The lowest BCUT2D eigenvalue weighted by atomic mass is 10.1. The van der Waals surface area contributed by atoms with Crippen molar-refractivity contribution in [3.63, 3.8) is 0 Å². The number of nitrogens with one attached hydrogen (secondary N) is 1. The first-order valence-electron chi connectivity index (χ1n) is 9.84. The average Bonchev–Trinajstić information content (AvgIpc) is 2.74. The maximum Gasteiger partial charge on any atom is 0.255 e. The fraction of sp³-hybridized carbons (Fsp3) is 0.364. The molecular formula is C22H29N3O3S. The van der Waals surface area contributed by atoms with Crippen LogP contribution in [0.2, 0.25) is 0 Å². The van der Waals surface area contributed by atoms with E-state index in [0.717, 1.165) is 30.5 Å². The minimum atomic E-state index is -3.79. The Labute approximate surface area is 173 Å². The van der Waals surface area contributed by atoms with Gasteiger partial charge in [0.25, 0.3) is 5.91 Å². The summed E-state index contributed by atoms with van der Waals surface area (Å²) in [5, 5.41) is 4.08. The van der Waals surface area contributed by atoms with Crippen LogP contribution in [0.5, 0.6) is 0 Å². The fourth-order valence-electron chi connectivity index (χ4n) is 2.77. The van der Waals surface area contributed by atoms with Crippen LogP contribution in [-0.2, 0) is 21.2 Å². The molecule has 0 radical (unpaired) electrons. The molecule has 0 aliphatic carbocycles. The van der Waals surface area contributed by atoms with Crippen molar-refractivity contribution in [2.24, 2.45) is 5.10 Å². The van der Waals surface area contributed by atoms with Gasteiger partial charge in [-0.1, -0.05) is 61.9 Å². The number of rotatable bonds is 11. The Morgan fingerprint density at radius 2 is 1.66 bits per heavy atom. The summed E-state index contributed by atoms with van der Waals surface area (Å²) in [5.74, 6) is -0.451. The molecule has 156 valence electrons. The van der Waals surface area contributed by atoms with Crippen LogP contribution in [-0.4, -0.2) is 37.4 Å². The van der Waals surface area contributed by atoms with Gasteiger partial charge in [0.15, 0.2) is 0 Å². The summed E-state index contributed by atoms with van der Waals surface area (Å²) in [6.07, 6.45) is 3.36. The van der Waals surface area contributed by atoms with E-state index in [0.29, 0.717) is 6.42 Å². The first-order valence-corrected chi connectivity index (χ1v) is 11.3. The molecule has 0 unspecified atom stereocenters. The molecule has 0 atom stereocenters. The van der Waals surface area contributed by atoms with Gasteiger partial charge in [-0.25, -0.2) is 13.8 Å². The van der Waals surface area contributed by atoms with Crippen molar-refractivity contribution in [2.75, 3.05) is 13.1 Å². The van der Waals surface area contributed by atoms with Crippen molar-refractivity contribution in [1.82, 2.24) is 9.73 Å². The minimum Gasteiger partial charge on any atom is -0.272 e. The van der Waals surface area contributed by atoms with E-state index >= 15 is 0 Å². The first-order chi connectivity index (χ1) is 13.9. The van der Waals surface area contributed by atoms with Gasteiger partial charge in [-0.15, -0.1) is 0 Å². The average molecular weight is 416 g/mol. The number of hydrogen-bond acceptors (Lipinski definition) is 4. The smallest absolute Gasteiger partial charge is 0.255 e. The van der Waals surface area contributed by atoms with Crippen molar-refractivity contribution in [3.05, 3.63) is 66.2 Å². The van der Waals surface area contributed by atoms with Gasteiger partial charge in [-0.2, -0.15) is 9.41 Å². The lowest BCUT2D eigenvalue weighted by molar-refractivity contribution is -0.121. The summed E-state index contributed by atoms with van der Waals surface area (Å²) in [7, 11) is -3.79. The number of sulfonamides is 1. The van der Waals surface area contributed by atoms with Gasteiger partial charge >= 0.3 is 0 Å². The molecule has 2 rings (SSSR count). The van der Waals surface area contributed by atoms with Crippen LogP contribution >= 0.6 is 0 Å². The molecule has 29 heavy (non-hydrogen) atoms. The number of carbonyl (C=O) groups excluding carboxylic acids is 1. The van der Waals surface area contributed by atoms with Crippen LogP contribution in [0.4, 0.5) is 0 Å². The molecule has 0 fully saturated rings. The Morgan fingerprint density at radius 1 is 1.03 bits per heavy atom. The molecule has 0 bridgehead atoms. The minimum absolute atomic E-state index is 0.170. The molecule has 1 N–H and O–H groups in total. The van der Waals surface area contributed by atoms with Crippen LogP contribution in [0.25, 0.3) is 0 Å². The standard InChI is InChI=1S/C22H29N3O3S/c1-3-4-11-19(2)23-24-22(26)18-25(17-16-20-12-7-5-8-13-20)29(27,28)21-14-9-6-10-15-21/h5-10,12-15H,3-4,11,16-18H2,1-2H3,(H,24,26)/b23-19-. The maximum atomic E-state index is 13.1. The summed E-state index contributed by atoms with van der Waals surface area (Å²) >= 11 is 0. The fourth-order valence-corrected chi connectivity index (χ4v) is 4.18. The zero-order valence-corrected chi connectivity index (χ0v) is 17.9. The summed E-state index contributed by atoms with van der Waals surface area (Å²) in [6.45, 7) is 3.86. The normalized spacial score (nSPS) is 12.2. The molecule has 0 aliphatic heterocycles. The molecule has 0 aliphatic rings. The van der Waals surface area contributed by atoms with E-state index in [9.17, 15) is 13.2 Å². The highest BCUT2D eigenvalue weighted by Gasteiger charge is 2.26. The molecule has 0 spiro atoms. The van der Waals surface area contributed by atoms with Crippen molar-refractivity contribution < 1.29 is 13.2 Å². The van der Waals surface area contributed by atoms with Gasteiger partial charge in [0.2, 0.25) is 10.0 Å². The Bertz CT molecular complexity index is 897. The van der Waals surface area contributed by atoms with E-state index in [1.807, 2.05) is 37.3 Å². The van der Waals surface area contributed by atoms with Gasteiger partial charge in [0.05, 0.1) is 11.4 Å². The Balaban J connectivity index is 2.12. The number of unbranched alkanes of at least 4 members (excludes halogenated alkanes) is 1. The lowest BCUT2D eigenvalue weighted by Crippen LogP contribution is -2.40. The second kappa shape index (κ2) is 11.5. The number of amides is 1. The topological polar surface area (TPSA) is 78.8 Å². The SMILES string of the molecule is CCCC/C(C)=N\NC(=O)CN(CCc1ccccc1)S(=O)(=O)c1ccccc1.